The Morgan fingerprint density at radius 1 is 1.10 bits per heavy atom. The van der Waals surface area contributed by atoms with E-state index in [0.717, 1.165) is 28.7 Å². The Morgan fingerprint density at radius 3 is 2.43 bits per heavy atom. The highest BCUT2D eigenvalue weighted by molar-refractivity contribution is 5.91. The lowest BCUT2D eigenvalue weighted by molar-refractivity contribution is 0.0696. The van der Waals surface area contributed by atoms with Crippen LogP contribution in [0.3, 0.4) is 0 Å². The molecule has 0 aromatic heterocycles. The van der Waals surface area contributed by atoms with Gasteiger partial charge < -0.3 is 5.11 Å². The fraction of sp³-hybridized carbons (Fsp3) is 0.316. The zero-order valence-electron chi connectivity index (χ0n) is 13.1. The van der Waals surface area contributed by atoms with Gasteiger partial charge >= 0.3 is 5.97 Å². The van der Waals surface area contributed by atoms with E-state index in [4.69, 9.17) is 0 Å². The second-order valence-corrected chi connectivity index (χ2v) is 6.09. The van der Waals surface area contributed by atoms with Gasteiger partial charge in [0.25, 0.3) is 0 Å². The Balaban J connectivity index is 2.51. The number of hydrogen-bond acceptors (Lipinski definition) is 1. The van der Waals surface area contributed by atoms with Crippen molar-refractivity contribution in [1.29, 1.82) is 0 Å². The molecule has 0 saturated heterocycles. The smallest absolute Gasteiger partial charge is 0.335 e. The summed E-state index contributed by atoms with van der Waals surface area (Å²) in [5, 5.41) is 9.30. The van der Waals surface area contributed by atoms with Crippen molar-refractivity contribution in [3.63, 3.8) is 0 Å². The highest BCUT2D eigenvalue weighted by Gasteiger charge is 2.12. The monoisotopic (exact) mass is 282 g/mol. The van der Waals surface area contributed by atoms with Gasteiger partial charge in [-0.1, -0.05) is 44.2 Å². The average molecular weight is 282 g/mol. The number of aromatic carboxylic acids is 1. The van der Waals surface area contributed by atoms with Crippen molar-refractivity contribution < 1.29 is 9.90 Å². The molecule has 0 saturated carbocycles. The number of carboxylic acids is 1. The third-order valence-electron chi connectivity index (χ3n) is 3.68. The molecule has 0 atom stereocenters. The summed E-state index contributed by atoms with van der Waals surface area (Å²) in [5.74, 6) is -0.263. The Hall–Kier alpha value is -2.09. The van der Waals surface area contributed by atoms with Gasteiger partial charge in [-0.3, -0.25) is 0 Å². The second kappa shape index (κ2) is 6.13. The van der Waals surface area contributed by atoms with Crippen LogP contribution in [0.5, 0.6) is 0 Å². The molecule has 0 aliphatic heterocycles. The van der Waals surface area contributed by atoms with Crippen LogP contribution in [0.15, 0.2) is 36.4 Å². The van der Waals surface area contributed by atoms with E-state index in [2.05, 4.69) is 26.0 Å². The van der Waals surface area contributed by atoms with Gasteiger partial charge in [-0.25, -0.2) is 4.79 Å². The zero-order valence-corrected chi connectivity index (χ0v) is 13.1. The number of aryl methyl sites for hydroxylation is 2. The molecule has 2 heteroatoms. The summed E-state index contributed by atoms with van der Waals surface area (Å²) in [6.45, 7) is 8.27. The van der Waals surface area contributed by atoms with Crippen LogP contribution in [0.2, 0.25) is 0 Å². The van der Waals surface area contributed by atoms with Crippen molar-refractivity contribution in [1.82, 2.24) is 0 Å². The number of hydrogen-bond donors (Lipinski definition) is 1. The molecule has 0 radical (unpaired) electrons. The van der Waals surface area contributed by atoms with Gasteiger partial charge in [-0.15, -0.1) is 0 Å². The first-order chi connectivity index (χ1) is 9.88. The van der Waals surface area contributed by atoms with Crippen molar-refractivity contribution in [2.45, 2.75) is 34.1 Å². The van der Waals surface area contributed by atoms with Gasteiger partial charge in [0, 0.05) is 0 Å². The fourth-order valence-electron chi connectivity index (χ4n) is 2.73. The maximum atomic E-state index is 11.3. The lowest BCUT2D eigenvalue weighted by Gasteiger charge is -2.12. The number of rotatable bonds is 4. The third kappa shape index (κ3) is 3.52. The molecule has 2 rings (SSSR count). The molecule has 0 amide bonds. The summed E-state index contributed by atoms with van der Waals surface area (Å²) >= 11 is 0. The highest BCUT2D eigenvalue weighted by Crippen LogP contribution is 2.28. The SMILES string of the molecule is Cc1cc(C)c(-c2cccc(CC(C)C)c2)cc1C(=O)O. The molecule has 1 N–H and O–H groups in total. The minimum atomic E-state index is -0.868. The molecule has 0 spiro atoms. The van der Waals surface area contributed by atoms with Crippen LogP contribution in [0.4, 0.5) is 0 Å². The van der Waals surface area contributed by atoms with Crippen molar-refractivity contribution in [2.75, 3.05) is 0 Å². The summed E-state index contributed by atoms with van der Waals surface area (Å²) in [7, 11) is 0. The molecule has 0 aliphatic rings. The van der Waals surface area contributed by atoms with Crippen LogP contribution < -0.4 is 0 Å². The molecule has 21 heavy (non-hydrogen) atoms. The van der Waals surface area contributed by atoms with Crippen molar-refractivity contribution >= 4 is 5.97 Å². The molecule has 2 aromatic rings. The second-order valence-electron chi connectivity index (χ2n) is 6.09. The van der Waals surface area contributed by atoms with E-state index in [-0.39, 0.29) is 0 Å². The van der Waals surface area contributed by atoms with Crippen molar-refractivity contribution in [3.8, 4) is 11.1 Å². The molecule has 0 fully saturated rings. The highest BCUT2D eigenvalue weighted by atomic mass is 16.4. The van der Waals surface area contributed by atoms with Crippen LogP contribution in [0.1, 0.15) is 40.9 Å². The van der Waals surface area contributed by atoms with Gasteiger partial charge in [-0.05, 0) is 60.1 Å². The van der Waals surface area contributed by atoms with Crippen LogP contribution in [-0.2, 0) is 6.42 Å². The largest absolute Gasteiger partial charge is 0.478 e. The topological polar surface area (TPSA) is 37.3 Å². The fourth-order valence-corrected chi connectivity index (χ4v) is 2.73. The van der Waals surface area contributed by atoms with E-state index in [1.165, 1.54) is 5.56 Å². The first kappa shape index (κ1) is 15.3. The molecule has 2 aromatic carbocycles. The van der Waals surface area contributed by atoms with Gasteiger partial charge in [0.1, 0.15) is 0 Å². The maximum Gasteiger partial charge on any atom is 0.335 e. The summed E-state index contributed by atoms with van der Waals surface area (Å²) < 4.78 is 0. The third-order valence-corrected chi connectivity index (χ3v) is 3.68. The molecule has 110 valence electrons. The predicted molar refractivity (Wildman–Crippen MR) is 86.9 cm³/mol. The number of carboxylic acid groups (broad SMARTS) is 1. The standard InChI is InChI=1S/C19H22O2/c1-12(2)8-15-6-5-7-16(10-15)17-11-18(19(20)21)14(4)9-13(17)3/h5-7,9-12H,8H2,1-4H3,(H,20,21). The van der Waals surface area contributed by atoms with Gasteiger partial charge in [0.2, 0.25) is 0 Å². The maximum absolute atomic E-state index is 11.3. The lowest BCUT2D eigenvalue weighted by atomic mass is 9.92. The Bertz CT molecular complexity index is 669. The first-order valence-corrected chi connectivity index (χ1v) is 7.32. The first-order valence-electron chi connectivity index (χ1n) is 7.32. The molecular formula is C19H22O2. The summed E-state index contributed by atoms with van der Waals surface area (Å²) in [4.78, 5) is 11.3. The number of benzene rings is 2. The summed E-state index contributed by atoms with van der Waals surface area (Å²) in [6, 6.07) is 12.1. The molecule has 0 aliphatic carbocycles. The van der Waals surface area contributed by atoms with E-state index < -0.39 is 5.97 Å². The van der Waals surface area contributed by atoms with Crippen LogP contribution >= 0.6 is 0 Å². The van der Waals surface area contributed by atoms with Crippen molar-refractivity contribution in [3.05, 3.63) is 58.7 Å². The molecule has 2 nitrogen and oxygen atoms in total. The van der Waals surface area contributed by atoms with Gasteiger partial charge in [0.15, 0.2) is 0 Å². The normalized spacial score (nSPS) is 10.9. The minimum Gasteiger partial charge on any atom is -0.478 e. The molecule has 0 unspecified atom stereocenters. The molecule has 0 heterocycles. The Morgan fingerprint density at radius 2 is 1.81 bits per heavy atom. The van der Waals surface area contributed by atoms with E-state index >= 15 is 0 Å². The lowest BCUT2D eigenvalue weighted by Crippen LogP contribution is -2.01. The van der Waals surface area contributed by atoms with Crippen LogP contribution in [-0.4, -0.2) is 11.1 Å². The minimum absolute atomic E-state index is 0.380. The number of carbonyl (C=O) groups is 1. The molecule has 0 bridgehead atoms. The van der Waals surface area contributed by atoms with E-state index in [1.807, 2.05) is 32.0 Å². The van der Waals surface area contributed by atoms with Crippen LogP contribution in [0, 0.1) is 19.8 Å². The summed E-state index contributed by atoms with van der Waals surface area (Å²) in [5.41, 5.74) is 5.68. The predicted octanol–water partition coefficient (Wildman–Crippen LogP) is 4.87. The summed E-state index contributed by atoms with van der Waals surface area (Å²) in [6.07, 6.45) is 1.03. The molecular weight excluding hydrogens is 260 g/mol. The quantitative estimate of drug-likeness (QED) is 0.868. The van der Waals surface area contributed by atoms with E-state index in [1.54, 1.807) is 6.07 Å². The van der Waals surface area contributed by atoms with E-state index in [9.17, 15) is 9.90 Å². The van der Waals surface area contributed by atoms with E-state index in [0.29, 0.717) is 11.5 Å². The van der Waals surface area contributed by atoms with Gasteiger partial charge in [0.05, 0.1) is 5.56 Å². The zero-order chi connectivity index (χ0) is 15.6. The Labute approximate surface area is 126 Å². The van der Waals surface area contributed by atoms with Crippen LogP contribution in [0.25, 0.3) is 11.1 Å². The van der Waals surface area contributed by atoms with Gasteiger partial charge in [-0.2, -0.15) is 0 Å². The van der Waals surface area contributed by atoms with Crippen molar-refractivity contribution in [2.24, 2.45) is 5.92 Å². The average Bonchev–Trinajstić information content (AvgIpc) is 2.37. The Kier molecular flexibility index (Phi) is 4.46.